The maximum Gasteiger partial charge on any atom is 0.238 e. The van der Waals surface area contributed by atoms with Gasteiger partial charge in [-0.3, -0.25) is 9.59 Å². The van der Waals surface area contributed by atoms with Crippen LogP contribution >= 0.6 is 0 Å². The predicted octanol–water partition coefficient (Wildman–Crippen LogP) is 1.43. The van der Waals surface area contributed by atoms with Crippen LogP contribution in [0.4, 0.5) is 5.82 Å². The molecule has 2 heterocycles. The normalized spacial score (nSPS) is 19.8. The molecule has 1 aromatic heterocycles. The molecule has 1 saturated heterocycles. The lowest BCUT2D eigenvalue weighted by molar-refractivity contribution is -0.145. The first-order chi connectivity index (χ1) is 11.3. The van der Waals surface area contributed by atoms with E-state index in [9.17, 15) is 9.59 Å². The summed E-state index contributed by atoms with van der Waals surface area (Å²) in [4.78, 5) is 33.8. The Labute approximate surface area is 143 Å². The Bertz CT molecular complexity index is 612. The second kappa shape index (κ2) is 6.07. The van der Waals surface area contributed by atoms with Crippen LogP contribution in [0.15, 0.2) is 24.4 Å². The van der Waals surface area contributed by atoms with E-state index in [0.717, 1.165) is 18.9 Å². The van der Waals surface area contributed by atoms with Crippen LogP contribution in [0.2, 0.25) is 0 Å². The van der Waals surface area contributed by atoms with Gasteiger partial charge in [0.2, 0.25) is 11.8 Å². The van der Waals surface area contributed by atoms with Crippen molar-refractivity contribution in [2.45, 2.75) is 39.2 Å². The third kappa shape index (κ3) is 3.37. The Hall–Kier alpha value is -2.11. The lowest BCUT2D eigenvalue weighted by atomic mass is 10.0. The van der Waals surface area contributed by atoms with Crippen molar-refractivity contribution in [3.8, 4) is 0 Å². The standard InChI is InChI=1S/C18H26N4O2/c1-17(2,3)20-15(23)18(7-8-18)16(24)22-12-10-21(11-13-22)14-6-4-5-9-19-14/h4-6,9H,7-8,10-13H2,1-3H3,(H,20,23). The predicted molar refractivity (Wildman–Crippen MR) is 92.6 cm³/mol. The maximum absolute atomic E-state index is 12.9. The van der Waals surface area contributed by atoms with Crippen LogP contribution in [-0.2, 0) is 9.59 Å². The number of carbonyl (C=O) groups excluding carboxylic acids is 2. The molecule has 6 heteroatoms. The highest BCUT2D eigenvalue weighted by molar-refractivity contribution is 6.08. The molecule has 6 nitrogen and oxygen atoms in total. The summed E-state index contributed by atoms with van der Waals surface area (Å²) in [5, 5.41) is 2.97. The molecular weight excluding hydrogens is 304 g/mol. The molecular formula is C18H26N4O2. The molecule has 130 valence electrons. The van der Waals surface area contributed by atoms with Crippen LogP contribution in [0.1, 0.15) is 33.6 Å². The Balaban J connectivity index is 1.60. The number of hydrogen-bond donors (Lipinski definition) is 1. The van der Waals surface area contributed by atoms with E-state index in [1.807, 2.05) is 43.9 Å². The van der Waals surface area contributed by atoms with E-state index in [1.54, 1.807) is 6.20 Å². The Morgan fingerprint density at radius 2 is 1.79 bits per heavy atom. The molecule has 0 bridgehead atoms. The minimum absolute atomic E-state index is 0.00933. The molecule has 2 aliphatic rings. The summed E-state index contributed by atoms with van der Waals surface area (Å²) in [6.07, 6.45) is 3.10. The zero-order chi connectivity index (χ0) is 17.4. The molecule has 1 aromatic rings. The van der Waals surface area contributed by atoms with Gasteiger partial charge in [-0.1, -0.05) is 6.07 Å². The van der Waals surface area contributed by atoms with Crippen LogP contribution in [0, 0.1) is 5.41 Å². The molecule has 3 rings (SSSR count). The molecule has 1 N–H and O–H groups in total. The highest BCUT2D eigenvalue weighted by Gasteiger charge is 2.58. The minimum atomic E-state index is -0.819. The number of anilines is 1. The molecule has 1 aliphatic carbocycles. The molecule has 1 saturated carbocycles. The van der Waals surface area contributed by atoms with Gasteiger partial charge in [-0.2, -0.15) is 0 Å². The van der Waals surface area contributed by atoms with Crippen molar-refractivity contribution in [2.75, 3.05) is 31.1 Å². The summed E-state index contributed by atoms with van der Waals surface area (Å²) >= 11 is 0. The molecule has 0 aromatic carbocycles. The number of hydrogen-bond acceptors (Lipinski definition) is 4. The highest BCUT2D eigenvalue weighted by atomic mass is 16.2. The summed E-state index contributed by atoms with van der Waals surface area (Å²) in [5.74, 6) is 0.813. The molecule has 24 heavy (non-hydrogen) atoms. The van der Waals surface area contributed by atoms with Gasteiger partial charge < -0.3 is 15.1 Å². The largest absolute Gasteiger partial charge is 0.353 e. The van der Waals surface area contributed by atoms with Gasteiger partial charge in [0.25, 0.3) is 0 Å². The molecule has 2 amide bonds. The molecule has 0 radical (unpaired) electrons. The first-order valence-electron chi connectivity index (χ1n) is 8.60. The number of carbonyl (C=O) groups is 2. The SMILES string of the molecule is CC(C)(C)NC(=O)C1(C(=O)N2CCN(c3ccccn3)CC2)CC1. The number of rotatable bonds is 3. The van der Waals surface area contributed by atoms with Crippen LogP contribution < -0.4 is 10.2 Å². The fourth-order valence-corrected chi connectivity index (χ4v) is 3.11. The summed E-state index contributed by atoms with van der Waals surface area (Å²) in [6.45, 7) is 8.60. The van der Waals surface area contributed by atoms with Crippen molar-refractivity contribution in [1.82, 2.24) is 15.2 Å². The topological polar surface area (TPSA) is 65.5 Å². The van der Waals surface area contributed by atoms with Crippen molar-refractivity contribution in [2.24, 2.45) is 5.41 Å². The lowest BCUT2D eigenvalue weighted by Crippen LogP contribution is -2.55. The van der Waals surface area contributed by atoms with Crippen LogP contribution in [-0.4, -0.2) is 53.4 Å². The van der Waals surface area contributed by atoms with Gasteiger partial charge in [-0.25, -0.2) is 4.98 Å². The lowest BCUT2D eigenvalue weighted by Gasteiger charge is -2.37. The summed E-state index contributed by atoms with van der Waals surface area (Å²) in [7, 11) is 0. The first-order valence-corrected chi connectivity index (χ1v) is 8.60. The maximum atomic E-state index is 12.9. The summed E-state index contributed by atoms with van der Waals surface area (Å²) in [6, 6.07) is 5.85. The van der Waals surface area contributed by atoms with Crippen LogP contribution in [0.3, 0.4) is 0 Å². The van der Waals surface area contributed by atoms with Crippen molar-refractivity contribution in [3.05, 3.63) is 24.4 Å². The average molecular weight is 330 g/mol. The van der Waals surface area contributed by atoms with Crippen LogP contribution in [0.25, 0.3) is 0 Å². The molecule has 0 spiro atoms. The monoisotopic (exact) mass is 330 g/mol. The van der Waals surface area contributed by atoms with Gasteiger partial charge in [-0.15, -0.1) is 0 Å². The van der Waals surface area contributed by atoms with E-state index in [0.29, 0.717) is 25.9 Å². The Kier molecular flexibility index (Phi) is 4.24. The van der Waals surface area contributed by atoms with Crippen LogP contribution in [0.5, 0.6) is 0 Å². The van der Waals surface area contributed by atoms with Gasteiger partial charge in [0.05, 0.1) is 0 Å². The Morgan fingerprint density at radius 3 is 2.29 bits per heavy atom. The van der Waals surface area contributed by atoms with Gasteiger partial charge in [0.15, 0.2) is 0 Å². The van der Waals surface area contributed by atoms with Gasteiger partial charge in [-0.05, 0) is 45.7 Å². The van der Waals surface area contributed by atoms with Gasteiger partial charge in [0, 0.05) is 37.9 Å². The third-order valence-corrected chi connectivity index (χ3v) is 4.62. The first kappa shape index (κ1) is 16.7. The van der Waals surface area contributed by atoms with E-state index in [-0.39, 0.29) is 17.4 Å². The van der Waals surface area contributed by atoms with E-state index in [4.69, 9.17) is 0 Å². The molecule has 2 fully saturated rings. The van der Waals surface area contributed by atoms with Crippen molar-refractivity contribution >= 4 is 17.6 Å². The molecule has 1 aliphatic heterocycles. The number of aromatic nitrogens is 1. The smallest absolute Gasteiger partial charge is 0.238 e. The van der Waals surface area contributed by atoms with E-state index >= 15 is 0 Å². The molecule has 0 unspecified atom stereocenters. The number of piperazine rings is 1. The van der Waals surface area contributed by atoms with Gasteiger partial charge in [0.1, 0.15) is 11.2 Å². The quantitative estimate of drug-likeness (QED) is 0.852. The van der Waals surface area contributed by atoms with E-state index < -0.39 is 5.41 Å². The number of amides is 2. The number of nitrogens with zero attached hydrogens (tertiary/aromatic N) is 3. The van der Waals surface area contributed by atoms with E-state index in [2.05, 4.69) is 15.2 Å². The zero-order valence-corrected chi connectivity index (χ0v) is 14.7. The van der Waals surface area contributed by atoms with Gasteiger partial charge >= 0.3 is 0 Å². The second-order valence-corrected chi connectivity index (χ2v) is 7.75. The number of nitrogens with one attached hydrogen (secondary N) is 1. The average Bonchev–Trinajstić information content (AvgIpc) is 3.35. The zero-order valence-electron chi connectivity index (χ0n) is 14.7. The number of pyridine rings is 1. The minimum Gasteiger partial charge on any atom is -0.353 e. The van der Waals surface area contributed by atoms with Crippen molar-refractivity contribution in [3.63, 3.8) is 0 Å². The summed E-state index contributed by atoms with van der Waals surface area (Å²) < 4.78 is 0. The summed E-state index contributed by atoms with van der Waals surface area (Å²) in [5.41, 5.74) is -1.13. The fourth-order valence-electron chi connectivity index (χ4n) is 3.11. The fraction of sp³-hybridized carbons (Fsp3) is 0.611. The molecule has 0 atom stereocenters. The van der Waals surface area contributed by atoms with Crippen molar-refractivity contribution < 1.29 is 9.59 Å². The third-order valence-electron chi connectivity index (χ3n) is 4.62. The highest BCUT2D eigenvalue weighted by Crippen LogP contribution is 2.48. The van der Waals surface area contributed by atoms with Crippen molar-refractivity contribution in [1.29, 1.82) is 0 Å². The van der Waals surface area contributed by atoms with E-state index in [1.165, 1.54) is 0 Å². The Morgan fingerprint density at radius 1 is 1.12 bits per heavy atom. The second-order valence-electron chi connectivity index (χ2n) is 7.75.